The molecule has 3 aromatic rings. The number of likely N-dealkylation sites (tertiary alicyclic amines) is 1. The zero-order chi connectivity index (χ0) is 78.1. The number of nitrogens with one attached hydrogen (secondary N) is 7. The van der Waals surface area contributed by atoms with Gasteiger partial charge in [0.15, 0.2) is 0 Å². The highest BCUT2D eigenvalue weighted by Crippen LogP contribution is 2.42. The van der Waals surface area contributed by atoms with Gasteiger partial charge in [-0.05, 0) is 95.8 Å². The lowest BCUT2D eigenvalue weighted by atomic mass is 9.85. The smallest absolute Gasteiger partial charge is 0.407 e. The third-order valence-corrected chi connectivity index (χ3v) is 17.6. The van der Waals surface area contributed by atoms with E-state index in [-0.39, 0.29) is 199 Å². The van der Waals surface area contributed by atoms with Crippen molar-refractivity contribution in [2.45, 2.75) is 187 Å². The van der Waals surface area contributed by atoms with E-state index in [0.29, 0.717) is 43.7 Å². The Morgan fingerprint density at radius 2 is 1.24 bits per heavy atom. The number of hydrogen-bond acceptors (Lipinski definition) is 23. The van der Waals surface area contributed by atoms with E-state index >= 15 is 0 Å². The molecule has 34 nitrogen and oxygen atoms in total. The first kappa shape index (κ1) is 86.7. The first-order valence-electron chi connectivity index (χ1n) is 36.6. The van der Waals surface area contributed by atoms with Crippen molar-refractivity contribution in [2.75, 3.05) is 112 Å². The Labute approximate surface area is 621 Å². The summed E-state index contributed by atoms with van der Waals surface area (Å²) in [5, 5.41) is 38.2. The van der Waals surface area contributed by atoms with Crippen LogP contribution in [0.15, 0.2) is 35.1 Å². The number of esters is 2. The molecule has 0 spiro atoms. The monoisotopic (exact) mass is 1510 g/mol. The molecule has 2 aromatic heterocycles. The van der Waals surface area contributed by atoms with Crippen molar-refractivity contribution in [1.82, 2.24) is 51.7 Å². The van der Waals surface area contributed by atoms with Gasteiger partial charge in [0, 0.05) is 74.9 Å². The Morgan fingerprint density at radius 1 is 0.654 bits per heavy atom. The molecule has 0 bridgehead atoms. The first-order chi connectivity index (χ1) is 51.2. The quantitative estimate of drug-likeness (QED) is 0.0174. The molecule has 0 unspecified atom stereocenters. The molecule has 1 aromatic carbocycles. The Balaban J connectivity index is 0.805. The number of nitrogens with zero attached hydrogens (tertiary/aromatic N) is 3. The SMILES string of the molecule is CCc1c2c(nc3ccccc13)-c1cc3c(c(=O)n1C2)COC(=O)[C@@]3(CC)OC(=O)[C@@H](NC(=O)[C@@H]1CCCN1C(=O)[C@H](CC(=O)O)NC(=O)CCOCCOCCOCCNC(=O)CCCC(=O)NCCCC[C@H](NC(=O)CCOCCOCCOCCNC(=O)OC(C)(C)C)C(=O)NCCC(=O)O)C(C)C. The molecule has 9 N–H and O–H groups in total. The van der Waals surface area contributed by atoms with Gasteiger partial charge in [-0.15, -0.1) is 0 Å². The van der Waals surface area contributed by atoms with E-state index in [0.717, 1.165) is 22.0 Å². The molecule has 5 heterocycles. The minimum absolute atomic E-state index is 0.0401. The first-order valence-corrected chi connectivity index (χ1v) is 36.6. The average molecular weight is 1510 g/mol. The van der Waals surface area contributed by atoms with Crippen molar-refractivity contribution in [2.24, 2.45) is 5.92 Å². The molecule has 0 aliphatic carbocycles. The Bertz CT molecular complexity index is 3620. The number of fused-ring (bicyclic) bond motifs is 5. The summed E-state index contributed by atoms with van der Waals surface area (Å²) >= 11 is 0. The van der Waals surface area contributed by atoms with E-state index < -0.39 is 113 Å². The normalized spacial score (nSPS) is 15.9. The number of ether oxygens (including phenoxy) is 9. The number of hydrogen-bond donors (Lipinski definition) is 9. The number of rotatable bonds is 49. The number of amides is 8. The number of para-hydroxylation sites is 1. The van der Waals surface area contributed by atoms with Crippen molar-refractivity contribution in [3.8, 4) is 11.4 Å². The van der Waals surface area contributed by atoms with Crippen LogP contribution in [0.5, 0.6) is 0 Å². The zero-order valence-electron chi connectivity index (χ0n) is 62.3. The van der Waals surface area contributed by atoms with Gasteiger partial charge in [0.05, 0.1) is 121 Å². The minimum Gasteiger partial charge on any atom is -0.481 e. The minimum atomic E-state index is -2.08. The third kappa shape index (κ3) is 27.5. The van der Waals surface area contributed by atoms with E-state index in [1.807, 2.05) is 31.2 Å². The number of aryl methyl sites for hydroxylation is 1. The van der Waals surface area contributed by atoms with Crippen molar-refractivity contribution in [3.63, 3.8) is 0 Å². The number of aromatic nitrogens is 2. The topological polar surface area (TPSA) is 451 Å². The van der Waals surface area contributed by atoms with Crippen molar-refractivity contribution in [1.29, 1.82) is 0 Å². The molecule has 1 saturated heterocycles. The predicted molar refractivity (Wildman–Crippen MR) is 383 cm³/mol. The molecule has 3 aliphatic heterocycles. The maximum absolute atomic E-state index is 14.4. The second-order valence-electron chi connectivity index (χ2n) is 27.1. The highest BCUT2D eigenvalue weighted by molar-refractivity contribution is 5.97. The number of carbonyl (C=O) groups is 12. The molecule has 5 atom stereocenters. The molecule has 8 amide bonds. The van der Waals surface area contributed by atoms with Gasteiger partial charge < -0.3 is 99.5 Å². The molecule has 0 radical (unpaired) electrons. The summed E-state index contributed by atoms with van der Waals surface area (Å²) in [7, 11) is 0. The number of benzene rings is 1. The van der Waals surface area contributed by atoms with Gasteiger partial charge in [-0.1, -0.05) is 45.9 Å². The maximum Gasteiger partial charge on any atom is 0.407 e. The summed E-state index contributed by atoms with van der Waals surface area (Å²) in [4.78, 5) is 175. The fourth-order valence-corrected chi connectivity index (χ4v) is 12.3. The molecular formula is C73H106N10O24. The summed E-state index contributed by atoms with van der Waals surface area (Å²) in [6.45, 7) is 14.8. The van der Waals surface area contributed by atoms with Crippen LogP contribution in [0.1, 0.15) is 154 Å². The molecule has 592 valence electrons. The van der Waals surface area contributed by atoms with E-state index in [2.05, 4.69) is 37.2 Å². The highest BCUT2D eigenvalue weighted by atomic mass is 16.6. The van der Waals surface area contributed by atoms with Crippen LogP contribution in [0.3, 0.4) is 0 Å². The summed E-state index contributed by atoms with van der Waals surface area (Å²) in [6.07, 6.45) is 0.680. The number of alkyl carbamates (subject to hydrolysis) is 1. The molecule has 107 heavy (non-hydrogen) atoms. The van der Waals surface area contributed by atoms with Crippen LogP contribution in [-0.4, -0.2) is 238 Å². The van der Waals surface area contributed by atoms with Crippen molar-refractivity contribution in [3.05, 3.63) is 62.9 Å². The van der Waals surface area contributed by atoms with Crippen LogP contribution >= 0.6 is 0 Å². The zero-order valence-corrected chi connectivity index (χ0v) is 62.3. The van der Waals surface area contributed by atoms with Crippen molar-refractivity contribution < 1.29 is 110 Å². The summed E-state index contributed by atoms with van der Waals surface area (Å²) < 4.78 is 51.3. The van der Waals surface area contributed by atoms with Crippen LogP contribution in [0.2, 0.25) is 0 Å². The Hall–Kier alpha value is -9.22. The summed E-state index contributed by atoms with van der Waals surface area (Å²) in [6, 6.07) is 4.28. The van der Waals surface area contributed by atoms with Crippen LogP contribution < -0.4 is 42.8 Å². The summed E-state index contributed by atoms with van der Waals surface area (Å²) in [5.41, 5.74) is 0.868. The predicted octanol–water partition coefficient (Wildman–Crippen LogP) is 2.34. The third-order valence-electron chi connectivity index (χ3n) is 17.6. The van der Waals surface area contributed by atoms with E-state index in [1.165, 1.54) is 4.90 Å². The average Bonchev–Trinajstić information content (AvgIpc) is 1.44. The molecule has 34 heteroatoms. The van der Waals surface area contributed by atoms with Gasteiger partial charge >= 0.3 is 30.0 Å². The fourth-order valence-electron chi connectivity index (χ4n) is 12.3. The van der Waals surface area contributed by atoms with Gasteiger partial charge in [0.25, 0.3) is 5.56 Å². The number of pyridine rings is 2. The van der Waals surface area contributed by atoms with Crippen LogP contribution in [-0.2, 0) is 121 Å². The highest BCUT2D eigenvalue weighted by Gasteiger charge is 2.52. The lowest BCUT2D eigenvalue weighted by molar-refractivity contribution is -0.191. The van der Waals surface area contributed by atoms with Crippen molar-refractivity contribution >= 4 is 82.2 Å². The molecule has 1 fully saturated rings. The standard InChI is InChI=1S/C73H106N10O24/c1-8-47-48-16-10-11-17-52(48)80-64-49(47)44-83-56(64)42-51-50(67(83)94)45-105-70(97)73(51,9-2)106-69(96)63(46(3)4)81-66(93)55-19-15-29-82(55)68(95)54(43-62(90)91)79-60(87)24-31-100-35-39-103-40-36-101-32-27-75-58(85)21-14-20-57(84)74-25-13-12-18-53(65(92)76-26-22-61(88)89)78-59(86)23-30-99-34-38-104-41-37-102-33-28-77-71(98)107-72(5,6)7/h10-11,16-17,42,46,53-55,63H,8-9,12-15,18-41,43-45H2,1-7H3,(H,74,84)(H,75,85)(H,76,92)(H,77,98)(H,78,86)(H,79,87)(H,81,93)(H,88,89)(H,90,91)/t53-,54-,55-,63-,73-/m0/s1. The number of carboxylic acid groups (broad SMARTS) is 2. The van der Waals surface area contributed by atoms with E-state index in [1.54, 1.807) is 52.2 Å². The second kappa shape index (κ2) is 44.2. The lowest BCUT2D eigenvalue weighted by Gasteiger charge is -2.37. The van der Waals surface area contributed by atoms with Crippen LogP contribution in [0.4, 0.5) is 4.79 Å². The second-order valence-corrected chi connectivity index (χ2v) is 27.1. The van der Waals surface area contributed by atoms with Gasteiger partial charge in [-0.2, -0.15) is 0 Å². The van der Waals surface area contributed by atoms with Gasteiger partial charge in [0.1, 0.15) is 36.4 Å². The number of carbonyl (C=O) groups excluding carboxylic acids is 10. The molecule has 0 saturated carbocycles. The van der Waals surface area contributed by atoms with Gasteiger partial charge in [-0.3, -0.25) is 47.9 Å². The van der Waals surface area contributed by atoms with E-state index in [4.69, 9.17) is 52.7 Å². The number of unbranched alkanes of at least 4 members (excludes halogenated alkanes) is 1. The number of aliphatic carboxylic acids is 2. The maximum atomic E-state index is 14.4. The molecule has 6 rings (SSSR count). The van der Waals surface area contributed by atoms with Gasteiger partial charge in [-0.25, -0.2) is 19.4 Å². The Morgan fingerprint density at radius 3 is 1.83 bits per heavy atom. The lowest BCUT2D eigenvalue weighted by Crippen LogP contribution is -2.57. The number of cyclic esters (lactones) is 1. The fraction of sp³-hybridized carbons (Fsp3) is 0.644. The number of carboxylic acids is 2. The molecular weight excluding hydrogens is 1400 g/mol. The molecule has 3 aliphatic rings. The van der Waals surface area contributed by atoms with Crippen LogP contribution in [0, 0.1) is 5.92 Å². The Kier molecular flexibility index (Phi) is 35.8. The van der Waals surface area contributed by atoms with E-state index in [9.17, 15) is 67.4 Å². The van der Waals surface area contributed by atoms with Crippen LogP contribution in [0.25, 0.3) is 22.3 Å². The largest absolute Gasteiger partial charge is 0.481 e. The summed E-state index contributed by atoms with van der Waals surface area (Å²) in [5.74, 6) is -8.82. The van der Waals surface area contributed by atoms with Gasteiger partial charge in [0.2, 0.25) is 47.0 Å².